The van der Waals surface area contributed by atoms with Crippen molar-refractivity contribution < 1.29 is 0 Å². The van der Waals surface area contributed by atoms with Crippen molar-refractivity contribution in [2.75, 3.05) is 0 Å². The molecule has 11 aromatic rings. The monoisotopic (exact) mass is 780 g/mol. The molecule has 3 heterocycles. The molecule has 0 N–H and O–H groups in total. The Morgan fingerprint density at radius 2 is 1.33 bits per heavy atom. The van der Waals surface area contributed by atoms with Crippen molar-refractivity contribution in [3.05, 3.63) is 229 Å². The van der Waals surface area contributed by atoms with E-state index in [0.29, 0.717) is 0 Å². The molecule has 3 heteroatoms. The number of aromatic nitrogens is 2. The average molecular weight is 781 g/mol. The molecule has 13 rings (SSSR count). The van der Waals surface area contributed by atoms with Crippen LogP contribution in [-0.2, 0) is 11.8 Å². The summed E-state index contributed by atoms with van der Waals surface area (Å²) in [7, 11) is 0. The van der Waals surface area contributed by atoms with Gasteiger partial charge in [0.15, 0.2) is 0 Å². The molecule has 0 fully saturated rings. The summed E-state index contributed by atoms with van der Waals surface area (Å²) in [5, 5.41) is 8.67. The summed E-state index contributed by atoms with van der Waals surface area (Å²) < 4.78 is 5.08. The normalized spacial score (nSPS) is 17.0. The fourth-order valence-corrected chi connectivity index (χ4v) is 11.9. The van der Waals surface area contributed by atoms with Crippen molar-refractivity contribution in [1.29, 1.82) is 0 Å². The molecule has 0 aliphatic heterocycles. The van der Waals surface area contributed by atoms with E-state index in [0.717, 1.165) is 45.2 Å². The van der Waals surface area contributed by atoms with Crippen LogP contribution in [0.15, 0.2) is 206 Å². The number of hydrogen-bond donors (Lipinski definition) is 0. The lowest BCUT2D eigenvalue weighted by Gasteiger charge is -2.35. The second kappa shape index (κ2) is 12.6. The van der Waals surface area contributed by atoms with Gasteiger partial charge in [-0.15, -0.1) is 11.3 Å². The largest absolute Gasteiger partial charge is 0.309 e. The van der Waals surface area contributed by atoms with Crippen LogP contribution in [0.5, 0.6) is 0 Å². The van der Waals surface area contributed by atoms with E-state index in [1.165, 1.54) is 80.7 Å². The van der Waals surface area contributed by atoms with Gasteiger partial charge in [-0.2, -0.15) is 0 Å². The standard InChI is InChI=1S/C57H36N2S/c1-35-16-3-2-4-17-36-18-5-10-25-46(36)57(35)47-26-11-6-23-41(47)55-48(57)31-30-43-54(55)42-24-7-12-27-49(42)58-56(43)37-19-15-20-38(32-37)59-50-28-13-8-21-39(50)44-34-53-45(33-51(44)59)40-22-9-14-29-52(40)60-53/h2-16,18-34H,1,17H2/b4-2-,16-3-. The zero-order valence-electron chi connectivity index (χ0n) is 32.7. The summed E-state index contributed by atoms with van der Waals surface area (Å²) in [5.74, 6) is 0. The highest BCUT2D eigenvalue weighted by atomic mass is 32.1. The minimum Gasteiger partial charge on any atom is -0.309 e. The second-order valence-electron chi connectivity index (χ2n) is 16.2. The SMILES string of the molecule is C=C1/C=C\C=C/Cc2ccccc2C12c1ccccc1-c1c2ccc2c(-c3cccc(-n4c5ccccc5c5cc6sc7ccccc7c6cc54)c3)nc3ccccc3c12. The van der Waals surface area contributed by atoms with Crippen molar-refractivity contribution >= 4 is 75.0 Å². The maximum Gasteiger partial charge on any atom is 0.0789 e. The third-order valence-corrected chi connectivity index (χ3v) is 14.3. The highest BCUT2D eigenvalue weighted by Gasteiger charge is 2.48. The predicted octanol–water partition coefficient (Wildman–Crippen LogP) is 15.1. The molecule has 3 aromatic heterocycles. The van der Waals surface area contributed by atoms with Gasteiger partial charge < -0.3 is 4.57 Å². The van der Waals surface area contributed by atoms with Crippen LogP contribution in [0.2, 0.25) is 0 Å². The summed E-state index contributed by atoms with van der Waals surface area (Å²) in [6.45, 7) is 4.87. The third-order valence-electron chi connectivity index (χ3n) is 13.2. The number of rotatable bonds is 2. The number of allylic oxidation sites excluding steroid dienone is 5. The van der Waals surface area contributed by atoms with Gasteiger partial charge in [0, 0.05) is 58.4 Å². The Balaban J connectivity index is 1.09. The van der Waals surface area contributed by atoms with E-state index < -0.39 is 5.41 Å². The Morgan fingerprint density at radius 1 is 0.550 bits per heavy atom. The van der Waals surface area contributed by atoms with Crippen LogP contribution in [-0.4, -0.2) is 9.55 Å². The number of pyridine rings is 1. The Hall–Kier alpha value is -7.33. The van der Waals surface area contributed by atoms with Crippen LogP contribution in [0, 0.1) is 0 Å². The minimum atomic E-state index is -0.556. The maximum absolute atomic E-state index is 5.52. The summed E-state index contributed by atoms with van der Waals surface area (Å²) in [5.41, 5.74) is 14.8. The van der Waals surface area contributed by atoms with Gasteiger partial charge in [0.2, 0.25) is 0 Å². The molecule has 280 valence electrons. The van der Waals surface area contributed by atoms with Gasteiger partial charge in [-0.05, 0) is 87.8 Å². The lowest BCUT2D eigenvalue weighted by molar-refractivity contribution is 0.760. The van der Waals surface area contributed by atoms with Gasteiger partial charge in [0.1, 0.15) is 0 Å². The topological polar surface area (TPSA) is 17.8 Å². The van der Waals surface area contributed by atoms with Crippen LogP contribution in [0.25, 0.3) is 91.7 Å². The number of thiophene rings is 1. The Bertz CT molecular complexity index is 3720. The second-order valence-corrected chi connectivity index (χ2v) is 17.3. The number of benzene rings is 8. The molecule has 0 radical (unpaired) electrons. The number of nitrogens with zero attached hydrogens (tertiary/aromatic N) is 2. The minimum absolute atomic E-state index is 0.556. The van der Waals surface area contributed by atoms with Gasteiger partial charge in [-0.3, -0.25) is 0 Å². The molecule has 2 nitrogen and oxygen atoms in total. The first-order chi connectivity index (χ1) is 29.7. The fourth-order valence-electron chi connectivity index (χ4n) is 10.7. The van der Waals surface area contributed by atoms with Crippen LogP contribution >= 0.6 is 11.3 Å². The van der Waals surface area contributed by atoms with Crippen molar-refractivity contribution in [2.24, 2.45) is 0 Å². The van der Waals surface area contributed by atoms with E-state index in [9.17, 15) is 0 Å². The molecule has 0 bridgehead atoms. The van der Waals surface area contributed by atoms with Gasteiger partial charge in [-0.25, -0.2) is 4.98 Å². The first-order valence-electron chi connectivity index (χ1n) is 20.7. The lowest BCUT2D eigenvalue weighted by Crippen LogP contribution is -2.29. The van der Waals surface area contributed by atoms with E-state index in [1.54, 1.807) is 0 Å². The molecule has 0 amide bonds. The smallest absolute Gasteiger partial charge is 0.0789 e. The molecular formula is C57H36N2S. The van der Waals surface area contributed by atoms with Crippen LogP contribution < -0.4 is 0 Å². The molecule has 2 aliphatic carbocycles. The van der Waals surface area contributed by atoms with E-state index in [-0.39, 0.29) is 0 Å². The Labute approximate surface area is 351 Å². The molecule has 0 saturated carbocycles. The zero-order valence-corrected chi connectivity index (χ0v) is 33.5. The summed E-state index contributed by atoms with van der Waals surface area (Å²) in [6.07, 6.45) is 9.65. The van der Waals surface area contributed by atoms with E-state index in [4.69, 9.17) is 11.6 Å². The van der Waals surface area contributed by atoms with Gasteiger partial charge in [0.05, 0.1) is 27.7 Å². The van der Waals surface area contributed by atoms with Crippen molar-refractivity contribution in [1.82, 2.24) is 9.55 Å². The van der Waals surface area contributed by atoms with Gasteiger partial charge in [0.25, 0.3) is 0 Å². The van der Waals surface area contributed by atoms with Crippen molar-refractivity contribution in [3.63, 3.8) is 0 Å². The Morgan fingerprint density at radius 3 is 2.27 bits per heavy atom. The van der Waals surface area contributed by atoms with Gasteiger partial charge in [-0.1, -0.05) is 158 Å². The number of fused-ring (bicyclic) bond motifs is 17. The maximum atomic E-state index is 5.52. The molecule has 60 heavy (non-hydrogen) atoms. The molecule has 0 saturated heterocycles. The van der Waals surface area contributed by atoms with E-state index >= 15 is 0 Å². The highest BCUT2D eigenvalue weighted by Crippen LogP contribution is 2.59. The first kappa shape index (κ1) is 33.6. The van der Waals surface area contributed by atoms with Crippen molar-refractivity contribution in [3.8, 4) is 28.1 Å². The summed E-state index contributed by atoms with van der Waals surface area (Å²) in [4.78, 5) is 5.52. The molecule has 2 aliphatic rings. The highest BCUT2D eigenvalue weighted by molar-refractivity contribution is 7.25. The number of para-hydroxylation sites is 2. The quantitative estimate of drug-likeness (QED) is 0.160. The molecule has 1 atom stereocenters. The summed E-state index contributed by atoms with van der Waals surface area (Å²) in [6, 6.07) is 62.8. The number of hydrogen-bond acceptors (Lipinski definition) is 2. The Kier molecular flexibility index (Phi) is 7.05. The van der Waals surface area contributed by atoms with Gasteiger partial charge >= 0.3 is 0 Å². The van der Waals surface area contributed by atoms with Crippen LogP contribution in [0.3, 0.4) is 0 Å². The average Bonchev–Trinajstić information content (AvgIpc) is 3.94. The first-order valence-corrected chi connectivity index (χ1v) is 21.5. The fraction of sp³-hybridized carbons (Fsp3) is 0.0351. The molecular weight excluding hydrogens is 745 g/mol. The lowest BCUT2D eigenvalue weighted by atomic mass is 9.66. The zero-order chi connectivity index (χ0) is 39.5. The summed E-state index contributed by atoms with van der Waals surface area (Å²) >= 11 is 1.87. The van der Waals surface area contributed by atoms with Crippen molar-refractivity contribution in [2.45, 2.75) is 11.8 Å². The predicted molar refractivity (Wildman–Crippen MR) is 255 cm³/mol. The van der Waals surface area contributed by atoms with Crippen LogP contribution in [0.1, 0.15) is 22.3 Å². The van der Waals surface area contributed by atoms with E-state index in [1.807, 2.05) is 11.3 Å². The molecule has 8 aromatic carbocycles. The molecule has 1 spiro atoms. The molecule has 1 unspecified atom stereocenters. The third kappa shape index (κ3) is 4.50. The van der Waals surface area contributed by atoms with E-state index in [2.05, 4.69) is 199 Å². The van der Waals surface area contributed by atoms with Crippen LogP contribution in [0.4, 0.5) is 0 Å².